The molecule has 0 fully saturated rings. The van der Waals surface area contributed by atoms with E-state index in [9.17, 15) is 14.4 Å². The zero-order chi connectivity index (χ0) is 19.4. The molecule has 1 aromatic carbocycles. The monoisotopic (exact) mass is 367 g/mol. The number of anilines is 1. The van der Waals surface area contributed by atoms with Crippen LogP contribution >= 0.6 is 0 Å². The molecule has 140 valence electrons. The zero-order valence-corrected chi connectivity index (χ0v) is 15.2. The predicted molar refractivity (Wildman–Crippen MR) is 104 cm³/mol. The van der Waals surface area contributed by atoms with E-state index < -0.39 is 0 Å². The van der Waals surface area contributed by atoms with Crippen molar-refractivity contribution in [2.24, 2.45) is 0 Å². The number of pyridine rings is 1. The van der Waals surface area contributed by atoms with E-state index in [1.54, 1.807) is 19.1 Å². The molecule has 0 saturated carbocycles. The minimum absolute atomic E-state index is 0.0522. The van der Waals surface area contributed by atoms with Crippen molar-refractivity contribution in [3.8, 4) is 0 Å². The van der Waals surface area contributed by atoms with E-state index in [4.69, 9.17) is 0 Å². The van der Waals surface area contributed by atoms with Crippen LogP contribution in [-0.2, 0) is 11.3 Å². The summed E-state index contributed by atoms with van der Waals surface area (Å²) in [5.74, 6) is 0.205. The summed E-state index contributed by atoms with van der Waals surface area (Å²) in [6.07, 6.45) is 0. The molecule has 0 saturated heterocycles. The smallest absolute Gasteiger partial charge is 0.252 e. The Morgan fingerprint density at radius 3 is 2.70 bits per heavy atom. The third-order valence-corrected chi connectivity index (χ3v) is 4.14. The van der Waals surface area contributed by atoms with E-state index in [0.717, 1.165) is 11.2 Å². The highest BCUT2D eigenvalue weighted by Gasteiger charge is 2.09. The van der Waals surface area contributed by atoms with Crippen molar-refractivity contribution >= 4 is 22.8 Å². The largest absolute Gasteiger partial charge is 0.354 e. The lowest BCUT2D eigenvalue weighted by Crippen LogP contribution is -2.33. The topological polar surface area (TPSA) is 109 Å². The van der Waals surface area contributed by atoms with Gasteiger partial charge in [0.1, 0.15) is 6.54 Å². The van der Waals surface area contributed by atoms with Crippen LogP contribution in [0.2, 0.25) is 0 Å². The van der Waals surface area contributed by atoms with Crippen molar-refractivity contribution in [2.75, 3.05) is 18.4 Å². The number of aromatic nitrogens is 3. The van der Waals surface area contributed by atoms with E-state index in [0.29, 0.717) is 30.1 Å². The summed E-state index contributed by atoms with van der Waals surface area (Å²) >= 11 is 0. The number of aryl methyl sites for hydroxylation is 2. The third-order valence-electron chi connectivity index (χ3n) is 4.14. The number of fused-ring (bicyclic) bond motifs is 1. The summed E-state index contributed by atoms with van der Waals surface area (Å²) in [5, 5.41) is 6.37. The SMILES string of the molecule is Cc1cc(=O)[nH]c(NCCNC(=O)Cn2c(C)cc(=O)c3ccccc32)n1. The van der Waals surface area contributed by atoms with Crippen LogP contribution < -0.4 is 21.6 Å². The molecule has 2 heterocycles. The highest BCUT2D eigenvalue weighted by Crippen LogP contribution is 2.12. The summed E-state index contributed by atoms with van der Waals surface area (Å²) in [4.78, 5) is 42.5. The van der Waals surface area contributed by atoms with Gasteiger partial charge in [0.15, 0.2) is 5.43 Å². The lowest BCUT2D eigenvalue weighted by molar-refractivity contribution is -0.121. The Kier molecular flexibility index (Phi) is 5.35. The first kappa shape index (κ1) is 18.4. The van der Waals surface area contributed by atoms with Gasteiger partial charge in [-0.2, -0.15) is 0 Å². The number of amides is 1. The Bertz CT molecular complexity index is 1100. The zero-order valence-electron chi connectivity index (χ0n) is 15.2. The molecule has 3 aromatic rings. The van der Waals surface area contributed by atoms with Gasteiger partial charge in [-0.15, -0.1) is 0 Å². The molecule has 0 unspecified atom stereocenters. The maximum atomic E-state index is 12.3. The second-order valence-corrected chi connectivity index (χ2v) is 6.27. The summed E-state index contributed by atoms with van der Waals surface area (Å²) in [7, 11) is 0. The Morgan fingerprint density at radius 1 is 1.15 bits per heavy atom. The maximum Gasteiger partial charge on any atom is 0.252 e. The Labute approximate surface area is 155 Å². The van der Waals surface area contributed by atoms with Gasteiger partial charge in [-0.1, -0.05) is 12.1 Å². The standard InChI is InChI=1S/C19H21N5O3/c1-12-9-17(26)23-19(22-12)21-8-7-20-18(27)11-24-13(2)10-16(25)14-5-3-4-6-15(14)24/h3-6,9-10H,7-8,11H2,1-2H3,(H,20,27)(H2,21,22,23,26). The first-order valence-electron chi connectivity index (χ1n) is 8.62. The van der Waals surface area contributed by atoms with E-state index in [1.807, 2.05) is 23.6 Å². The number of aromatic amines is 1. The number of rotatable bonds is 6. The molecule has 0 aliphatic carbocycles. The molecule has 27 heavy (non-hydrogen) atoms. The van der Waals surface area contributed by atoms with Gasteiger partial charge in [-0.3, -0.25) is 19.4 Å². The molecular formula is C19H21N5O3. The number of benzene rings is 1. The predicted octanol–water partition coefficient (Wildman–Crippen LogP) is 0.930. The summed E-state index contributed by atoms with van der Waals surface area (Å²) < 4.78 is 1.82. The molecular weight excluding hydrogens is 346 g/mol. The molecule has 0 aliphatic rings. The molecule has 1 amide bonds. The van der Waals surface area contributed by atoms with Crippen LogP contribution in [0.25, 0.3) is 10.9 Å². The van der Waals surface area contributed by atoms with E-state index in [-0.39, 0.29) is 23.4 Å². The van der Waals surface area contributed by atoms with Gasteiger partial charge in [0, 0.05) is 42.0 Å². The van der Waals surface area contributed by atoms with Gasteiger partial charge in [0.05, 0.1) is 5.52 Å². The Morgan fingerprint density at radius 2 is 1.93 bits per heavy atom. The van der Waals surface area contributed by atoms with Crippen molar-refractivity contribution in [1.29, 1.82) is 0 Å². The summed E-state index contributed by atoms with van der Waals surface area (Å²) in [5.41, 5.74) is 1.80. The van der Waals surface area contributed by atoms with Crippen molar-refractivity contribution in [1.82, 2.24) is 19.9 Å². The number of nitrogens with zero attached hydrogens (tertiary/aromatic N) is 2. The molecule has 8 heteroatoms. The summed E-state index contributed by atoms with van der Waals surface area (Å²) in [6, 6.07) is 10.2. The number of H-pyrrole nitrogens is 1. The van der Waals surface area contributed by atoms with Gasteiger partial charge < -0.3 is 15.2 Å². The van der Waals surface area contributed by atoms with Crippen LogP contribution in [0.15, 0.2) is 46.0 Å². The average Bonchev–Trinajstić information content (AvgIpc) is 2.61. The average molecular weight is 367 g/mol. The molecule has 0 atom stereocenters. The number of carbonyl (C=O) groups excluding carboxylic acids is 1. The van der Waals surface area contributed by atoms with Crippen molar-refractivity contribution < 1.29 is 4.79 Å². The summed E-state index contributed by atoms with van der Waals surface area (Å²) in [6.45, 7) is 4.45. The molecule has 0 aliphatic heterocycles. The van der Waals surface area contributed by atoms with Crippen LogP contribution in [0.5, 0.6) is 0 Å². The first-order valence-corrected chi connectivity index (χ1v) is 8.62. The lowest BCUT2D eigenvalue weighted by atomic mass is 10.2. The Balaban J connectivity index is 1.61. The van der Waals surface area contributed by atoms with E-state index >= 15 is 0 Å². The van der Waals surface area contributed by atoms with Crippen molar-refractivity contribution in [3.63, 3.8) is 0 Å². The minimum atomic E-state index is -0.227. The highest BCUT2D eigenvalue weighted by atomic mass is 16.2. The molecule has 0 radical (unpaired) electrons. The third kappa shape index (κ3) is 4.41. The van der Waals surface area contributed by atoms with Crippen molar-refractivity contribution in [3.05, 3.63) is 68.4 Å². The van der Waals surface area contributed by atoms with Crippen LogP contribution in [0, 0.1) is 13.8 Å². The molecule has 3 rings (SSSR count). The number of carbonyl (C=O) groups is 1. The number of para-hydroxylation sites is 1. The fraction of sp³-hybridized carbons (Fsp3) is 0.263. The molecule has 0 spiro atoms. The lowest BCUT2D eigenvalue weighted by Gasteiger charge is -2.14. The van der Waals surface area contributed by atoms with Gasteiger partial charge in [0.2, 0.25) is 11.9 Å². The second kappa shape index (κ2) is 7.86. The number of hydrogen-bond acceptors (Lipinski definition) is 5. The molecule has 0 bridgehead atoms. The van der Waals surface area contributed by atoms with E-state index in [1.165, 1.54) is 12.1 Å². The van der Waals surface area contributed by atoms with Gasteiger partial charge in [-0.25, -0.2) is 4.98 Å². The quantitative estimate of drug-likeness (QED) is 0.562. The molecule has 2 aromatic heterocycles. The fourth-order valence-electron chi connectivity index (χ4n) is 2.91. The van der Waals surface area contributed by atoms with E-state index in [2.05, 4.69) is 20.6 Å². The van der Waals surface area contributed by atoms with Crippen LogP contribution in [0.1, 0.15) is 11.4 Å². The minimum Gasteiger partial charge on any atom is -0.354 e. The van der Waals surface area contributed by atoms with Crippen LogP contribution in [-0.4, -0.2) is 33.5 Å². The Hall–Kier alpha value is -3.42. The number of nitrogens with one attached hydrogen (secondary N) is 3. The van der Waals surface area contributed by atoms with Crippen molar-refractivity contribution in [2.45, 2.75) is 20.4 Å². The van der Waals surface area contributed by atoms with Crippen LogP contribution in [0.4, 0.5) is 5.95 Å². The van der Waals surface area contributed by atoms with Gasteiger partial charge in [-0.05, 0) is 26.0 Å². The normalized spacial score (nSPS) is 10.7. The second-order valence-electron chi connectivity index (χ2n) is 6.27. The number of hydrogen-bond donors (Lipinski definition) is 3. The molecule has 3 N–H and O–H groups in total. The fourth-order valence-corrected chi connectivity index (χ4v) is 2.91. The molecule has 8 nitrogen and oxygen atoms in total. The van der Waals surface area contributed by atoms with Gasteiger partial charge in [0.25, 0.3) is 5.56 Å². The van der Waals surface area contributed by atoms with Gasteiger partial charge >= 0.3 is 0 Å². The maximum absolute atomic E-state index is 12.3. The van der Waals surface area contributed by atoms with Crippen LogP contribution in [0.3, 0.4) is 0 Å². The first-order chi connectivity index (χ1) is 12.9. The highest BCUT2D eigenvalue weighted by molar-refractivity contribution is 5.82.